The first-order valence-corrected chi connectivity index (χ1v) is 11.2. The Balaban J connectivity index is 1.38. The second-order valence-corrected chi connectivity index (χ2v) is 8.46. The summed E-state index contributed by atoms with van der Waals surface area (Å²) in [5.74, 6) is 0.0882. The Bertz CT molecular complexity index is 1030. The molecule has 0 bridgehead atoms. The number of hydrogen-bond donors (Lipinski definition) is 0. The molecule has 2 fully saturated rings. The average Bonchev–Trinajstić information content (AvgIpc) is 3.07. The summed E-state index contributed by atoms with van der Waals surface area (Å²) in [6, 6.07) is 13.8. The summed E-state index contributed by atoms with van der Waals surface area (Å²) in [4.78, 5) is 31.4. The van der Waals surface area contributed by atoms with Crippen LogP contribution in [-0.2, 0) is 4.79 Å². The van der Waals surface area contributed by atoms with Gasteiger partial charge >= 0.3 is 0 Å². The number of thioether (sulfide) groups is 1. The number of hydrogen-bond acceptors (Lipinski definition) is 6. The molecule has 0 aromatic heterocycles. The number of halogens is 1. The Morgan fingerprint density at radius 2 is 1.75 bits per heavy atom. The lowest BCUT2D eigenvalue weighted by atomic mass is 10.2. The Morgan fingerprint density at radius 1 is 1.03 bits per heavy atom. The van der Waals surface area contributed by atoms with Crippen LogP contribution in [0.3, 0.4) is 0 Å². The lowest BCUT2D eigenvalue weighted by Gasteiger charge is -2.37. The Hall–Kier alpha value is -3.10. The largest absolute Gasteiger partial charge is 0.489 e. The van der Waals surface area contributed by atoms with E-state index in [-0.39, 0.29) is 23.6 Å². The maximum absolute atomic E-state index is 13.1. The molecule has 4 rings (SSSR count). The van der Waals surface area contributed by atoms with Crippen LogP contribution in [0.5, 0.6) is 5.75 Å². The van der Waals surface area contributed by atoms with E-state index < -0.39 is 0 Å². The maximum Gasteiger partial charge on any atom is 0.294 e. The SMILES string of the molecule is C=CCOc1ccccc1C=C1SC(=O)N(CN2CCN(c3ccc(F)cc3)CC2)C1=O. The van der Waals surface area contributed by atoms with E-state index in [2.05, 4.69) is 16.4 Å². The summed E-state index contributed by atoms with van der Waals surface area (Å²) < 4.78 is 18.8. The zero-order valence-electron chi connectivity index (χ0n) is 17.6. The molecule has 2 aliphatic heterocycles. The van der Waals surface area contributed by atoms with Crippen molar-refractivity contribution in [2.45, 2.75) is 0 Å². The molecule has 2 saturated heterocycles. The summed E-state index contributed by atoms with van der Waals surface area (Å²) in [6.45, 7) is 7.16. The van der Waals surface area contributed by atoms with Gasteiger partial charge in [0.05, 0.1) is 11.6 Å². The smallest absolute Gasteiger partial charge is 0.294 e. The van der Waals surface area contributed by atoms with Crippen molar-refractivity contribution in [1.29, 1.82) is 0 Å². The number of anilines is 1. The van der Waals surface area contributed by atoms with Gasteiger partial charge in [-0.2, -0.15) is 0 Å². The van der Waals surface area contributed by atoms with Gasteiger partial charge in [-0.25, -0.2) is 4.39 Å². The van der Waals surface area contributed by atoms with Crippen LogP contribution < -0.4 is 9.64 Å². The molecule has 0 atom stereocenters. The van der Waals surface area contributed by atoms with Crippen LogP contribution in [0.25, 0.3) is 6.08 Å². The van der Waals surface area contributed by atoms with Crippen molar-refractivity contribution in [3.05, 3.63) is 77.5 Å². The van der Waals surface area contributed by atoms with Gasteiger partial charge in [-0.05, 0) is 48.2 Å². The molecule has 2 heterocycles. The van der Waals surface area contributed by atoms with E-state index in [1.54, 1.807) is 24.3 Å². The molecule has 166 valence electrons. The van der Waals surface area contributed by atoms with E-state index >= 15 is 0 Å². The zero-order chi connectivity index (χ0) is 22.5. The van der Waals surface area contributed by atoms with Gasteiger partial charge in [-0.1, -0.05) is 30.9 Å². The number of rotatable bonds is 7. The normalized spacial score (nSPS) is 18.5. The van der Waals surface area contributed by atoms with Crippen LogP contribution in [0.15, 0.2) is 66.1 Å². The standard InChI is InChI=1S/C24H24FN3O3S/c1-2-15-31-21-6-4-3-5-18(21)16-22-23(29)28(24(30)32-22)17-26-11-13-27(14-12-26)20-9-7-19(25)8-10-20/h2-10,16H,1,11-15,17H2. The van der Waals surface area contributed by atoms with E-state index in [1.165, 1.54) is 17.0 Å². The fourth-order valence-electron chi connectivity index (χ4n) is 3.64. The predicted octanol–water partition coefficient (Wildman–Crippen LogP) is 4.21. The van der Waals surface area contributed by atoms with Crippen LogP contribution in [-0.4, -0.2) is 60.4 Å². The number of para-hydroxylation sites is 1. The molecular formula is C24H24FN3O3S. The zero-order valence-corrected chi connectivity index (χ0v) is 18.4. The second kappa shape index (κ2) is 10.0. The number of amides is 2. The highest BCUT2D eigenvalue weighted by Crippen LogP contribution is 2.34. The molecule has 0 N–H and O–H groups in total. The van der Waals surface area contributed by atoms with E-state index in [4.69, 9.17) is 4.74 Å². The molecule has 0 radical (unpaired) electrons. The third-order valence-corrected chi connectivity index (χ3v) is 6.25. The Morgan fingerprint density at radius 3 is 2.47 bits per heavy atom. The van der Waals surface area contributed by atoms with Gasteiger partial charge in [0.1, 0.15) is 18.2 Å². The minimum absolute atomic E-state index is 0.255. The van der Waals surface area contributed by atoms with Gasteiger partial charge < -0.3 is 9.64 Å². The van der Waals surface area contributed by atoms with E-state index in [0.717, 1.165) is 36.1 Å². The van der Waals surface area contributed by atoms with Crippen LogP contribution in [0.2, 0.25) is 0 Å². The van der Waals surface area contributed by atoms with Crippen molar-refractivity contribution >= 4 is 34.7 Å². The number of carbonyl (C=O) groups is 2. The summed E-state index contributed by atoms with van der Waals surface area (Å²) in [7, 11) is 0. The quantitative estimate of drug-likeness (QED) is 0.463. The highest BCUT2D eigenvalue weighted by Gasteiger charge is 2.36. The predicted molar refractivity (Wildman–Crippen MR) is 125 cm³/mol. The third kappa shape index (κ3) is 5.03. The number of piperazine rings is 1. The summed E-state index contributed by atoms with van der Waals surface area (Å²) in [5.41, 5.74) is 1.71. The summed E-state index contributed by atoms with van der Waals surface area (Å²) in [6.07, 6.45) is 3.36. The van der Waals surface area contributed by atoms with Crippen molar-refractivity contribution < 1.29 is 18.7 Å². The first kappa shape index (κ1) is 22.1. The Kier molecular flexibility index (Phi) is 6.92. The van der Waals surface area contributed by atoms with E-state index in [1.807, 2.05) is 24.3 Å². The number of benzene rings is 2. The molecule has 0 saturated carbocycles. The van der Waals surface area contributed by atoms with Crippen LogP contribution in [0.4, 0.5) is 14.9 Å². The number of ether oxygens (including phenoxy) is 1. The molecule has 8 heteroatoms. The topological polar surface area (TPSA) is 53.1 Å². The van der Waals surface area contributed by atoms with Gasteiger partial charge in [-0.15, -0.1) is 0 Å². The van der Waals surface area contributed by atoms with E-state index in [0.29, 0.717) is 30.4 Å². The van der Waals surface area contributed by atoms with E-state index in [9.17, 15) is 14.0 Å². The van der Waals surface area contributed by atoms with Crippen LogP contribution >= 0.6 is 11.8 Å². The summed E-state index contributed by atoms with van der Waals surface area (Å²) in [5, 5.41) is -0.272. The van der Waals surface area contributed by atoms with Crippen LogP contribution in [0.1, 0.15) is 5.56 Å². The maximum atomic E-state index is 13.1. The first-order valence-electron chi connectivity index (χ1n) is 10.4. The number of imide groups is 1. The molecule has 2 aliphatic rings. The monoisotopic (exact) mass is 453 g/mol. The van der Waals surface area contributed by atoms with Crippen LogP contribution in [0, 0.1) is 5.82 Å². The van der Waals surface area contributed by atoms with Crippen molar-refractivity contribution in [2.75, 3.05) is 44.4 Å². The number of nitrogens with zero attached hydrogens (tertiary/aromatic N) is 3. The molecule has 32 heavy (non-hydrogen) atoms. The van der Waals surface area contributed by atoms with Gasteiger partial charge in [0, 0.05) is 37.4 Å². The molecular weight excluding hydrogens is 429 g/mol. The first-order chi connectivity index (χ1) is 15.5. The molecule has 0 unspecified atom stereocenters. The molecule has 2 aromatic rings. The fourth-order valence-corrected chi connectivity index (χ4v) is 4.46. The van der Waals surface area contributed by atoms with Crippen molar-refractivity contribution in [3.8, 4) is 5.75 Å². The molecule has 0 aliphatic carbocycles. The highest BCUT2D eigenvalue weighted by atomic mass is 32.2. The lowest BCUT2D eigenvalue weighted by Crippen LogP contribution is -2.50. The van der Waals surface area contributed by atoms with Crippen molar-refractivity contribution in [2.24, 2.45) is 0 Å². The van der Waals surface area contributed by atoms with Crippen molar-refractivity contribution in [3.63, 3.8) is 0 Å². The van der Waals surface area contributed by atoms with Gasteiger partial charge in [0.2, 0.25) is 0 Å². The lowest BCUT2D eigenvalue weighted by molar-refractivity contribution is -0.124. The molecule has 0 spiro atoms. The minimum Gasteiger partial charge on any atom is -0.489 e. The number of carbonyl (C=O) groups excluding carboxylic acids is 2. The molecule has 2 amide bonds. The van der Waals surface area contributed by atoms with Gasteiger partial charge in [0.25, 0.3) is 11.1 Å². The van der Waals surface area contributed by atoms with Crippen molar-refractivity contribution in [1.82, 2.24) is 9.80 Å². The average molecular weight is 454 g/mol. The van der Waals surface area contributed by atoms with Gasteiger partial charge in [0.15, 0.2) is 0 Å². The molecule has 2 aromatic carbocycles. The van der Waals surface area contributed by atoms with Gasteiger partial charge in [-0.3, -0.25) is 19.4 Å². The minimum atomic E-state index is -0.292. The second-order valence-electron chi connectivity index (χ2n) is 7.47. The summed E-state index contributed by atoms with van der Waals surface area (Å²) >= 11 is 0.947. The fraction of sp³-hybridized carbons (Fsp3) is 0.250. The molecule has 6 nitrogen and oxygen atoms in total. The Labute approximate surface area is 190 Å². The highest BCUT2D eigenvalue weighted by molar-refractivity contribution is 8.18. The third-order valence-electron chi connectivity index (χ3n) is 5.34.